The lowest BCUT2D eigenvalue weighted by Crippen LogP contribution is -2.64. The number of benzene rings is 2. The van der Waals surface area contributed by atoms with Gasteiger partial charge in [-0.15, -0.1) is 5.92 Å². The maximum Gasteiger partial charge on any atom is 0.410 e. The minimum absolute atomic E-state index is 0.0168. The van der Waals surface area contributed by atoms with E-state index in [1.54, 1.807) is 49.4 Å². The van der Waals surface area contributed by atoms with Gasteiger partial charge in [0.2, 0.25) is 23.6 Å². The van der Waals surface area contributed by atoms with E-state index in [9.17, 15) is 38.7 Å². The van der Waals surface area contributed by atoms with Crippen LogP contribution in [0.15, 0.2) is 65.3 Å². The zero-order valence-electron chi connectivity index (χ0n) is 50.1. The number of aliphatic hydroxyl groups is 1. The van der Waals surface area contributed by atoms with Crippen molar-refractivity contribution < 1.29 is 62.4 Å². The molecular weight excluding hydrogens is 1090 g/mol. The normalized spacial score (nSPS) is 26.8. The fourth-order valence-electron chi connectivity index (χ4n) is 14.6. The molecule has 1 spiro atoms. The molecule has 6 amide bonds. The van der Waals surface area contributed by atoms with Crippen LogP contribution in [-0.4, -0.2) is 177 Å². The summed E-state index contributed by atoms with van der Waals surface area (Å²) >= 11 is 0. The van der Waals surface area contributed by atoms with Crippen LogP contribution in [0.1, 0.15) is 145 Å². The number of nitrogens with one attached hydrogen (secondary N) is 3. The molecule has 0 radical (unpaired) electrons. The maximum absolute atomic E-state index is 14.0. The van der Waals surface area contributed by atoms with Crippen molar-refractivity contribution in [3.05, 3.63) is 82.0 Å². The number of rotatable bonds is 23. The van der Waals surface area contributed by atoms with Crippen molar-refractivity contribution >= 4 is 52.8 Å². The fourth-order valence-corrected chi connectivity index (χ4v) is 14.6. The molecule has 3 saturated heterocycles. The Morgan fingerprint density at radius 1 is 0.882 bits per heavy atom. The number of aliphatic hydroxyl groups excluding tert-OH is 1. The number of anilines is 2. The number of ketones is 1. The van der Waals surface area contributed by atoms with E-state index < -0.39 is 47.7 Å². The fraction of sp³-hybridized carbons (Fsp3) is 0.615. The number of carbonyl (C=O) groups excluding carboxylic acids is 7. The lowest BCUT2D eigenvalue weighted by atomic mass is 9.49. The first-order valence-corrected chi connectivity index (χ1v) is 30.8. The van der Waals surface area contributed by atoms with E-state index in [0.717, 1.165) is 55.7 Å². The van der Waals surface area contributed by atoms with Gasteiger partial charge >= 0.3 is 6.09 Å². The lowest BCUT2D eigenvalue weighted by Gasteiger charge is -2.61. The second-order valence-corrected chi connectivity index (χ2v) is 25.0. The third-order valence-corrected chi connectivity index (χ3v) is 18.7. The van der Waals surface area contributed by atoms with E-state index in [2.05, 4.69) is 57.0 Å². The summed E-state index contributed by atoms with van der Waals surface area (Å²) in [5, 5.41) is 19.6. The first-order valence-electron chi connectivity index (χ1n) is 30.8. The highest BCUT2D eigenvalue weighted by atomic mass is 16.6. The van der Waals surface area contributed by atoms with Gasteiger partial charge < -0.3 is 54.1 Å². The molecule has 8 atom stereocenters. The van der Waals surface area contributed by atoms with Crippen LogP contribution >= 0.6 is 0 Å². The van der Waals surface area contributed by atoms with Gasteiger partial charge in [-0.25, -0.2) is 4.79 Å². The monoisotopic (exact) mass is 1170 g/mol. The number of nitrogens with zero attached hydrogens (tertiary/aromatic N) is 4. The minimum Gasteiger partial charge on any atom is -0.444 e. The van der Waals surface area contributed by atoms with Gasteiger partial charge in [0.25, 0.3) is 5.91 Å². The summed E-state index contributed by atoms with van der Waals surface area (Å²) < 4.78 is 29.3. The van der Waals surface area contributed by atoms with E-state index in [1.165, 1.54) is 21.6 Å². The average Bonchev–Trinajstić information content (AvgIpc) is 1.63. The molecular formula is C65H85N7O13. The summed E-state index contributed by atoms with van der Waals surface area (Å²) in [7, 11) is 2.04. The standard InChI is InChI=1S/C65H85N7O13/c1-6-25-65-26-24-50-47-20-16-43-38-45(73)19-21-46(43)56(47)49(39-64(50,65)41-84-65)42-14-17-44(18-15-42)69(5)29-8-13-55(75)71-31-30-70(62(80)85-63(2,3)4)40-53(71)58(76)67-28-10-33-82-35-37-83-36-34-81-32-9-27-66-51-12-7-11-48-57(51)61(79)72(60(48)78)52-22-23-54(74)68-59(52)77/h7,11-12,14-15,17-18,38,47,49-50,52-53,61,66,79H,8-10,13,16,19-24,26-37,39-41H2,1-5H3,(H,67,76)(H,68,74,77)/t47-,49+,50-,52?,53?,61?,64+,65-/m0/s1. The van der Waals surface area contributed by atoms with Crippen molar-refractivity contribution in [3.63, 3.8) is 0 Å². The number of hydrogen-bond acceptors (Lipinski definition) is 15. The Morgan fingerprint density at radius 2 is 1.62 bits per heavy atom. The van der Waals surface area contributed by atoms with Crippen molar-refractivity contribution in [1.29, 1.82) is 0 Å². The predicted molar refractivity (Wildman–Crippen MR) is 316 cm³/mol. The molecule has 4 N–H and O–H groups in total. The van der Waals surface area contributed by atoms with Crippen LogP contribution in [0.25, 0.3) is 0 Å². The van der Waals surface area contributed by atoms with E-state index in [0.29, 0.717) is 114 Å². The number of piperidine rings is 1. The number of ether oxygens (including phenoxy) is 5. The van der Waals surface area contributed by atoms with Crippen molar-refractivity contribution in [2.24, 2.45) is 17.3 Å². The summed E-state index contributed by atoms with van der Waals surface area (Å²) in [6.45, 7) is 12.2. The molecule has 8 aliphatic rings. The number of imide groups is 1. The second-order valence-electron chi connectivity index (χ2n) is 25.0. The van der Waals surface area contributed by atoms with E-state index in [1.807, 2.05) is 20.0 Å². The van der Waals surface area contributed by atoms with Crippen LogP contribution in [0.4, 0.5) is 16.2 Å². The Hall–Kier alpha value is -6.63. The van der Waals surface area contributed by atoms with Gasteiger partial charge in [-0.2, -0.15) is 0 Å². The molecule has 20 heteroatoms. The third-order valence-electron chi connectivity index (χ3n) is 18.7. The zero-order valence-corrected chi connectivity index (χ0v) is 50.1. The van der Waals surface area contributed by atoms with Crippen LogP contribution in [-0.2, 0) is 47.7 Å². The Labute approximate surface area is 499 Å². The van der Waals surface area contributed by atoms with Crippen molar-refractivity contribution in [3.8, 4) is 11.8 Å². The molecule has 0 bridgehead atoms. The molecule has 85 heavy (non-hydrogen) atoms. The molecule has 20 nitrogen and oxygen atoms in total. The number of fused-ring (bicyclic) bond motifs is 4. The molecule has 3 unspecified atom stereocenters. The van der Waals surface area contributed by atoms with E-state index in [-0.39, 0.29) is 73.4 Å². The smallest absolute Gasteiger partial charge is 0.410 e. The summed E-state index contributed by atoms with van der Waals surface area (Å²) in [6, 6.07) is 12.2. The average molecular weight is 1170 g/mol. The zero-order chi connectivity index (χ0) is 60.0. The predicted octanol–water partition coefficient (Wildman–Crippen LogP) is 6.33. The Morgan fingerprint density at radius 3 is 2.33 bits per heavy atom. The SMILES string of the molecule is CC#C[C@]12CC[C@H]3[C@@H]4CCC5=CC(=O)CCC5=C4[C@@H](c4ccc(N(C)CCCC(=O)N5CCN(C(=O)OC(C)(C)C)CC5C(=O)NCCCOCCOCCOCCCNc5cccc6c5C(O)N(C5CCC(=O)NC5=O)C6=O)cc4)C[C@@]31CO2. The molecule has 10 rings (SSSR count). The molecule has 2 aromatic rings. The van der Waals surface area contributed by atoms with Crippen LogP contribution in [0.5, 0.6) is 0 Å². The molecule has 0 aromatic heterocycles. The van der Waals surface area contributed by atoms with Crippen LogP contribution in [0, 0.1) is 29.1 Å². The van der Waals surface area contributed by atoms with Gasteiger partial charge in [0.1, 0.15) is 23.3 Å². The van der Waals surface area contributed by atoms with Crippen LogP contribution < -0.4 is 20.9 Å². The van der Waals surface area contributed by atoms with Gasteiger partial charge in [-0.05, 0) is 151 Å². The molecule has 5 fully saturated rings. The van der Waals surface area contributed by atoms with Gasteiger partial charge in [-0.1, -0.05) is 29.7 Å². The Balaban J connectivity index is 0.637. The van der Waals surface area contributed by atoms with E-state index >= 15 is 0 Å². The summed E-state index contributed by atoms with van der Waals surface area (Å²) in [5.41, 5.74) is 6.82. The topological polar surface area (TPSA) is 235 Å². The van der Waals surface area contributed by atoms with Crippen LogP contribution in [0.3, 0.4) is 0 Å². The van der Waals surface area contributed by atoms with Gasteiger partial charge in [0.15, 0.2) is 12.0 Å². The highest BCUT2D eigenvalue weighted by molar-refractivity contribution is 6.06. The minimum atomic E-state index is -1.32. The molecule has 4 heterocycles. The molecule has 2 aromatic carbocycles. The largest absolute Gasteiger partial charge is 0.444 e. The summed E-state index contributed by atoms with van der Waals surface area (Å²) in [6.07, 6.45) is 8.81. The number of piperazine rings is 1. The maximum atomic E-state index is 14.0. The summed E-state index contributed by atoms with van der Waals surface area (Å²) in [5.74, 6) is 6.33. The first-order chi connectivity index (χ1) is 40.9. The summed E-state index contributed by atoms with van der Waals surface area (Å²) in [4.78, 5) is 97.4. The van der Waals surface area contributed by atoms with Crippen LogP contribution in [0.2, 0.25) is 0 Å². The highest BCUT2D eigenvalue weighted by Gasteiger charge is 2.71. The molecule has 4 aliphatic carbocycles. The molecule has 4 aliphatic heterocycles. The van der Waals surface area contributed by atoms with E-state index in [4.69, 9.17) is 23.7 Å². The van der Waals surface area contributed by atoms with Gasteiger partial charge in [-0.3, -0.25) is 39.0 Å². The Kier molecular flexibility index (Phi) is 19.2. The quantitative estimate of drug-likeness (QED) is 0.0541. The second kappa shape index (κ2) is 26.5. The first kappa shape index (κ1) is 61.5. The number of allylic oxidation sites excluding steroid dienone is 4. The highest BCUT2D eigenvalue weighted by Crippen LogP contribution is 2.71. The van der Waals surface area contributed by atoms with Gasteiger partial charge in [0.05, 0.1) is 39.6 Å². The number of hydrogen-bond donors (Lipinski definition) is 4. The number of carbonyl (C=O) groups is 7. The van der Waals surface area contributed by atoms with Crippen molar-refractivity contribution in [1.82, 2.24) is 25.3 Å². The lowest BCUT2D eigenvalue weighted by molar-refractivity contribution is -0.245. The van der Waals surface area contributed by atoms with Crippen molar-refractivity contribution in [2.45, 2.75) is 147 Å². The Bertz CT molecular complexity index is 3000. The molecule has 458 valence electrons. The van der Waals surface area contributed by atoms with Gasteiger partial charge in [0, 0.05) is 106 Å². The molecule has 2 saturated carbocycles. The number of amides is 6. The van der Waals surface area contributed by atoms with Crippen molar-refractivity contribution in [2.75, 3.05) is 103 Å². The third kappa shape index (κ3) is 13.1.